The first-order valence-electron chi connectivity index (χ1n) is 5.97. The van der Waals surface area contributed by atoms with Gasteiger partial charge in [-0.1, -0.05) is 43.8 Å². The van der Waals surface area contributed by atoms with Gasteiger partial charge in [0.1, 0.15) is 5.82 Å². The molecule has 3 nitrogen and oxygen atoms in total. The van der Waals surface area contributed by atoms with Gasteiger partial charge in [-0.2, -0.15) is 0 Å². The van der Waals surface area contributed by atoms with Crippen molar-refractivity contribution in [3.05, 3.63) is 35.7 Å². The molecule has 0 saturated carbocycles. The Morgan fingerprint density at radius 1 is 1.35 bits per heavy atom. The Balaban J connectivity index is 2.19. The van der Waals surface area contributed by atoms with Crippen LogP contribution in [0.25, 0.3) is 5.69 Å². The van der Waals surface area contributed by atoms with Crippen LogP contribution in [0.3, 0.4) is 0 Å². The van der Waals surface area contributed by atoms with Gasteiger partial charge in [-0.3, -0.25) is 4.57 Å². The number of nitrogens with zero attached hydrogens (tertiary/aromatic N) is 3. The average Bonchev–Trinajstić information content (AvgIpc) is 2.82. The van der Waals surface area contributed by atoms with Crippen molar-refractivity contribution in [2.75, 3.05) is 0 Å². The Morgan fingerprint density at radius 2 is 2.18 bits per heavy atom. The van der Waals surface area contributed by atoms with Gasteiger partial charge in [0.2, 0.25) is 0 Å². The van der Waals surface area contributed by atoms with Crippen LogP contribution in [0.5, 0.6) is 0 Å². The lowest BCUT2D eigenvalue weighted by atomic mass is 10.1. The summed E-state index contributed by atoms with van der Waals surface area (Å²) in [6.07, 6.45) is 1.09. The van der Waals surface area contributed by atoms with Gasteiger partial charge in [0, 0.05) is 11.7 Å². The van der Waals surface area contributed by atoms with Crippen LogP contribution >= 0.6 is 11.8 Å². The Hall–Kier alpha value is -1.29. The Labute approximate surface area is 105 Å². The molecule has 1 aliphatic heterocycles. The van der Waals surface area contributed by atoms with Crippen LogP contribution in [0.4, 0.5) is 0 Å². The summed E-state index contributed by atoms with van der Waals surface area (Å²) in [7, 11) is 0. The first kappa shape index (κ1) is 10.8. The van der Waals surface area contributed by atoms with Gasteiger partial charge in [0.05, 0.1) is 5.69 Å². The second-order valence-corrected chi connectivity index (χ2v) is 5.35. The lowest BCUT2D eigenvalue weighted by Gasteiger charge is -2.20. The molecule has 1 aliphatic rings. The highest BCUT2D eigenvalue weighted by Crippen LogP contribution is 2.35. The average molecular weight is 245 g/mol. The molecular formula is C13H15N3S. The topological polar surface area (TPSA) is 30.7 Å². The SMILES string of the molecule is CCC(C)c1nnc2n1-c1ccccc1CS2. The molecule has 2 aromatic rings. The van der Waals surface area contributed by atoms with Gasteiger partial charge in [-0.25, -0.2) is 0 Å². The zero-order valence-corrected chi connectivity index (χ0v) is 10.9. The smallest absolute Gasteiger partial charge is 0.196 e. The fourth-order valence-corrected chi connectivity index (χ4v) is 3.04. The molecule has 17 heavy (non-hydrogen) atoms. The zero-order valence-electron chi connectivity index (χ0n) is 10.1. The predicted molar refractivity (Wildman–Crippen MR) is 69.6 cm³/mol. The number of thioether (sulfide) groups is 1. The Morgan fingerprint density at radius 3 is 3.00 bits per heavy atom. The van der Waals surface area contributed by atoms with E-state index >= 15 is 0 Å². The summed E-state index contributed by atoms with van der Waals surface area (Å²) in [5, 5.41) is 9.69. The van der Waals surface area contributed by atoms with Crippen LogP contribution in [0.1, 0.15) is 37.6 Å². The lowest BCUT2D eigenvalue weighted by molar-refractivity contribution is 0.652. The van der Waals surface area contributed by atoms with Crippen LogP contribution in [0.15, 0.2) is 29.4 Å². The van der Waals surface area contributed by atoms with Crippen LogP contribution < -0.4 is 0 Å². The summed E-state index contributed by atoms with van der Waals surface area (Å²) >= 11 is 1.77. The zero-order chi connectivity index (χ0) is 11.8. The van der Waals surface area contributed by atoms with E-state index in [2.05, 4.69) is 52.9 Å². The maximum atomic E-state index is 4.36. The minimum absolute atomic E-state index is 0.447. The van der Waals surface area contributed by atoms with Gasteiger partial charge in [0.15, 0.2) is 5.16 Å². The molecular weight excluding hydrogens is 230 g/mol. The van der Waals surface area contributed by atoms with E-state index in [0.29, 0.717) is 5.92 Å². The fourth-order valence-electron chi connectivity index (χ4n) is 2.10. The van der Waals surface area contributed by atoms with Crippen molar-refractivity contribution in [2.45, 2.75) is 37.1 Å². The summed E-state index contributed by atoms with van der Waals surface area (Å²) in [4.78, 5) is 0. The first-order chi connectivity index (χ1) is 8.31. The van der Waals surface area contributed by atoms with Gasteiger partial charge in [0.25, 0.3) is 0 Å². The van der Waals surface area contributed by atoms with Gasteiger partial charge in [-0.05, 0) is 18.1 Å². The van der Waals surface area contributed by atoms with E-state index in [9.17, 15) is 0 Å². The van der Waals surface area contributed by atoms with Crippen LogP contribution in [0, 0.1) is 0 Å². The van der Waals surface area contributed by atoms with E-state index in [1.165, 1.54) is 11.3 Å². The molecule has 4 heteroatoms. The minimum atomic E-state index is 0.447. The van der Waals surface area contributed by atoms with Crippen molar-refractivity contribution in [3.8, 4) is 5.69 Å². The maximum Gasteiger partial charge on any atom is 0.196 e. The lowest BCUT2D eigenvalue weighted by Crippen LogP contribution is -2.10. The molecule has 0 bridgehead atoms. The van der Waals surface area contributed by atoms with Crippen molar-refractivity contribution in [3.63, 3.8) is 0 Å². The van der Waals surface area contributed by atoms with Crippen molar-refractivity contribution < 1.29 is 0 Å². The monoisotopic (exact) mass is 245 g/mol. The number of aromatic nitrogens is 3. The third kappa shape index (κ3) is 1.67. The minimum Gasteiger partial charge on any atom is -0.273 e. The largest absolute Gasteiger partial charge is 0.273 e. The number of hydrogen-bond acceptors (Lipinski definition) is 3. The van der Waals surface area contributed by atoms with Crippen molar-refractivity contribution in [1.82, 2.24) is 14.8 Å². The Kier molecular flexibility index (Phi) is 2.67. The molecule has 0 aliphatic carbocycles. The molecule has 1 unspecified atom stereocenters. The molecule has 1 aromatic heterocycles. The molecule has 1 aromatic carbocycles. The summed E-state index contributed by atoms with van der Waals surface area (Å²) in [6, 6.07) is 8.52. The summed E-state index contributed by atoms with van der Waals surface area (Å²) in [5.74, 6) is 2.53. The number of fused-ring (bicyclic) bond motifs is 3. The molecule has 3 rings (SSSR count). The highest BCUT2D eigenvalue weighted by atomic mass is 32.2. The highest BCUT2D eigenvalue weighted by Gasteiger charge is 2.23. The molecule has 1 atom stereocenters. The number of benzene rings is 1. The van der Waals surface area contributed by atoms with Gasteiger partial charge in [-0.15, -0.1) is 10.2 Å². The first-order valence-corrected chi connectivity index (χ1v) is 6.96. The number of rotatable bonds is 2. The molecule has 88 valence electrons. The van der Waals surface area contributed by atoms with E-state index < -0.39 is 0 Å². The van der Waals surface area contributed by atoms with E-state index in [-0.39, 0.29) is 0 Å². The van der Waals surface area contributed by atoms with Crippen molar-refractivity contribution in [2.24, 2.45) is 0 Å². The van der Waals surface area contributed by atoms with Crippen LogP contribution in [0.2, 0.25) is 0 Å². The van der Waals surface area contributed by atoms with Crippen LogP contribution in [-0.4, -0.2) is 14.8 Å². The third-order valence-electron chi connectivity index (χ3n) is 3.30. The summed E-state index contributed by atoms with van der Waals surface area (Å²) < 4.78 is 2.22. The maximum absolute atomic E-state index is 4.36. The number of para-hydroxylation sites is 1. The second kappa shape index (κ2) is 4.18. The van der Waals surface area contributed by atoms with Gasteiger partial charge < -0.3 is 0 Å². The molecule has 0 saturated heterocycles. The molecule has 0 amide bonds. The molecule has 0 fully saturated rings. The van der Waals surface area contributed by atoms with E-state index in [4.69, 9.17) is 0 Å². The van der Waals surface area contributed by atoms with E-state index in [0.717, 1.165) is 23.2 Å². The van der Waals surface area contributed by atoms with Crippen molar-refractivity contribution in [1.29, 1.82) is 0 Å². The second-order valence-electron chi connectivity index (χ2n) is 4.40. The standard InChI is InChI=1S/C13H15N3S/c1-3-9(2)12-14-15-13-16(12)11-7-5-4-6-10(11)8-17-13/h4-7,9H,3,8H2,1-2H3. The predicted octanol–water partition coefficient (Wildman–Crippen LogP) is 3.39. The Bertz CT molecular complexity index is 547. The van der Waals surface area contributed by atoms with E-state index in [1.54, 1.807) is 11.8 Å². The van der Waals surface area contributed by atoms with Crippen molar-refractivity contribution >= 4 is 11.8 Å². The molecule has 0 N–H and O–H groups in total. The molecule has 2 heterocycles. The molecule has 0 spiro atoms. The van der Waals surface area contributed by atoms with E-state index in [1.807, 2.05) is 0 Å². The fraction of sp³-hybridized carbons (Fsp3) is 0.385. The summed E-state index contributed by atoms with van der Waals surface area (Å²) in [5.41, 5.74) is 2.62. The third-order valence-corrected chi connectivity index (χ3v) is 4.28. The normalized spacial score (nSPS) is 15.2. The number of hydrogen-bond donors (Lipinski definition) is 0. The summed E-state index contributed by atoms with van der Waals surface area (Å²) in [6.45, 7) is 4.40. The van der Waals surface area contributed by atoms with Crippen LogP contribution in [-0.2, 0) is 5.75 Å². The highest BCUT2D eigenvalue weighted by molar-refractivity contribution is 7.98. The van der Waals surface area contributed by atoms with Gasteiger partial charge >= 0.3 is 0 Å². The quantitative estimate of drug-likeness (QED) is 0.812. The molecule has 0 radical (unpaired) electrons.